The summed E-state index contributed by atoms with van der Waals surface area (Å²) >= 11 is 0. The van der Waals surface area contributed by atoms with Crippen molar-refractivity contribution in [2.75, 3.05) is 6.61 Å². The Morgan fingerprint density at radius 1 is 1.41 bits per heavy atom. The highest BCUT2D eigenvalue weighted by Crippen LogP contribution is 2.31. The Morgan fingerprint density at radius 3 is 2.82 bits per heavy atom. The predicted octanol–water partition coefficient (Wildman–Crippen LogP) is 2.49. The average Bonchev–Trinajstić information content (AvgIpc) is 2.34. The Labute approximate surface area is 99.6 Å². The third-order valence-electron chi connectivity index (χ3n) is 3.21. The molecule has 4 heteroatoms. The maximum atomic E-state index is 12.9. The van der Waals surface area contributed by atoms with Crippen LogP contribution < -0.4 is 0 Å². The highest BCUT2D eigenvalue weighted by atomic mass is 19.1. The summed E-state index contributed by atoms with van der Waals surface area (Å²) in [6.07, 6.45) is 5.68. The number of hydrogen-bond acceptors (Lipinski definition) is 3. The smallest absolute Gasteiger partial charge is 0.248 e. The summed E-state index contributed by atoms with van der Waals surface area (Å²) in [5, 5.41) is 18.1. The van der Waals surface area contributed by atoms with Crippen molar-refractivity contribution in [1.29, 1.82) is 0 Å². The molecule has 0 radical (unpaired) electrons. The van der Waals surface area contributed by atoms with Gasteiger partial charge in [0, 0.05) is 6.61 Å². The fraction of sp³-hybridized carbons (Fsp3) is 0.462. The molecular formula is C13H16FNO2. The van der Waals surface area contributed by atoms with Gasteiger partial charge < -0.3 is 10.2 Å². The van der Waals surface area contributed by atoms with Crippen molar-refractivity contribution in [1.82, 2.24) is 4.98 Å². The van der Waals surface area contributed by atoms with Gasteiger partial charge in [0.2, 0.25) is 5.88 Å². The van der Waals surface area contributed by atoms with Gasteiger partial charge in [0.1, 0.15) is 0 Å². The van der Waals surface area contributed by atoms with E-state index in [1.807, 2.05) is 0 Å². The lowest BCUT2D eigenvalue weighted by Crippen LogP contribution is -2.07. The topological polar surface area (TPSA) is 53.4 Å². The van der Waals surface area contributed by atoms with Crippen molar-refractivity contribution in [3.05, 3.63) is 29.7 Å². The van der Waals surface area contributed by atoms with Crippen LogP contribution in [0.3, 0.4) is 0 Å². The van der Waals surface area contributed by atoms with E-state index in [9.17, 15) is 9.50 Å². The maximum absolute atomic E-state index is 12.9. The molecule has 0 saturated carbocycles. The number of allylic oxidation sites excluding steroid dienone is 2. The number of pyridine rings is 1. The van der Waals surface area contributed by atoms with Gasteiger partial charge >= 0.3 is 0 Å². The third-order valence-corrected chi connectivity index (χ3v) is 3.21. The number of aromatic hydroxyl groups is 1. The monoisotopic (exact) mass is 237 g/mol. The Hall–Kier alpha value is -1.42. The van der Waals surface area contributed by atoms with Gasteiger partial charge in [-0.1, -0.05) is 6.08 Å². The van der Waals surface area contributed by atoms with Crippen LogP contribution in [-0.2, 0) is 0 Å². The number of rotatable bonds is 3. The lowest BCUT2D eigenvalue weighted by molar-refractivity contribution is 0.251. The summed E-state index contributed by atoms with van der Waals surface area (Å²) in [7, 11) is 0. The van der Waals surface area contributed by atoms with Crippen LogP contribution in [0.5, 0.6) is 5.88 Å². The van der Waals surface area contributed by atoms with Crippen LogP contribution in [0.25, 0.3) is 5.57 Å². The number of halogens is 1. The van der Waals surface area contributed by atoms with Crippen molar-refractivity contribution >= 4 is 5.57 Å². The van der Waals surface area contributed by atoms with Crippen molar-refractivity contribution in [3.8, 4) is 5.88 Å². The van der Waals surface area contributed by atoms with E-state index in [0.717, 1.165) is 31.3 Å². The van der Waals surface area contributed by atoms with E-state index in [-0.39, 0.29) is 6.61 Å². The molecule has 0 fully saturated rings. The van der Waals surface area contributed by atoms with Crippen LogP contribution in [0.4, 0.5) is 4.39 Å². The van der Waals surface area contributed by atoms with Gasteiger partial charge in [-0.2, -0.15) is 0 Å². The van der Waals surface area contributed by atoms with Gasteiger partial charge in [0.25, 0.3) is 0 Å². The Bertz CT molecular complexity index is 431. The molecule has 1 aliphatic carbocycles. The lowest BCUT2D eigenvalue weighted by atomic mass is 9.86. The maximum Gasteiger partial charge on any atom is 0.248 e. The molecule has 1 atom stereocenters. The number of nitrogens with zero attached hydrogens (tertiary/aromatic N) is 1. The van der Waals surface area contributed by atoms with Gasteiger partial charge in [0.05, 0.1) is 5.69 Å². The zero-order chi connectivity index (χ0) is 12.3. The molecule has 1 unspecified atom stereocenters. The standard InChI is InChI=1S/C13H16FNO2/c14-11-5-6-12(15-13(11)17)10-3-1-9(2-4-10)7-8-16/h3,5-6,9,16H,1-2,4,7-8H2,(H,15,17). The van der Waals surface area contributed by atoms with Gasteiger partial charge in [-0.25, -0.2) is 9.37 Å². The van der Waals surface area contributed by atoms with Crippen LogP contribution in [0.1, 0.15) is 31.4 Å². The Kier molecular flexibility index (Phi) is 3.74. The molecule has 1 aromatic heterocycles. The van der Waals surface area contributed by atoms with Gasteiger partial charge in [0.15, 0.2) is 5.82 Å². The van der Waals surface area contributed by atoms with Crippen molar-refractivity contribution in [2.45, 2.75) is 25.7 Å². The minimum atomic E-state index is -0.691. The molecule has 3 nitrogen and oxygen atoms in total. The van der Waals surface area contributed by atoms with E-state index in [1.165, 1.54) is 6.07 Å². The van der Waals surface area contributed by atoms with E-state index >= 15 is 0 Å². The van der Waals surface area contributed by atoms with Crippen LogP contribution in [0.15, 0.2) is 18.2 Å². The molecule has 17 heavy (non-hydrogen) atoms. The summed E-state index contributed by atoms with van der Waals surface area (Å²) in [5.41, 5.74) is 1.70. The highest BCUT2D eigenvalue weighted by Gasteiger charge is 2.16. The summed E-state index contributed by atoms with van der Waals surface area (Å²) in [5.74, 6) is -0.706. The number of hydrogen-bond donors (Lipinski definition) is 2. The summed E-state index contributed by atoms with van der Waals surface area (Å²) in [6, 6.07) is 2.82. The second-order valence-corrected chi connectivity index (χ2v) is 4.38. The summed E-state index contributed by atoms with van der Waals surface area (Å²) in [6.45, 7) is 0.226. The lowest BCUT2D eigenvalue weighted by Gasteiger charge is -2.20. The number of aliphatic hydroxyl groups excluding tert-OH is 1. The van der Waals surface area contributed by atoms with Crippen molar-refractivity contribution in [3.63, 3.8) is 0 Å². The first-order valence-electron chi connectivity index (χ1n) is 5.86. The molecule has 92 valence electrons. The molecule has 0 spiro atoms. The fourth-order valence-electron chi connectivity index (χ4n) is 2.18. The van der Waals surface area contributed by atoms with E-state index in [4.69, 9.17) is 5.11 Å². The van der Waals surface area contributed by atoms with Crippen LogP contribution in [0.2, 0.25) is 0 Å². The third kappa shape index (κ3) is 2.82. The zero-order valence-electron chi connectivity index (χ0n) is 9.56. The predicted molar refractivity (Wildman–Crippen MR) is 62.9 cm³/mol. The minimum absolute atomic E-state index is 0.226. The number of aromatic nitrogens is 1. The molecule has 0 bridgehead atoms. The van der Waals surface area contributed by atoms with E-state index in [0.29, 0.717) is 11.6 Å². The fourth-order valence-corrected chi connectivity index (χ4v) is 2.18. The molecule has 0 aromatic carbocycles. The molecule has 1 heterocycles. The van der Waals surface area contributed by atoms with Crippen LogP contribution in [0, 0.1) is 11.7 Å². The van der Waals surface area contributed by atoms with E-state index in [2.05, 4.69) is 11.1 Å². The zero-order valence-corrected chi connectivity index (χ0v) is 9.56. The quantitative estimate of drug-likeness (QED) is 0.849. The van der Waals surface area contributed by atoms with Gasteiger partial charge in [-0.05, 0) is 49.3 Å². The SMILES string of the molecule is OCCC1CC=C(c2ccc(F)c(O)n2)CC1. The van der Waals surface area contributed by atoms with Gasteiger partial charge in [-0.3, -0.25) is 0 Å². The highest BCUT2D eigenvalue weighted by molar-refractivity contribution is 5.63. The molecule has 1 aromatic rings. The first-order valence-corrected chi connectivity index (χ1v) is 5.86. The van der Waals surface area contributed by atoms with E-state index in [1.54, 1.807) is 6.07 Å². The first-order chi connectivity index (χ1) is 8.20. The van der Waals surface area contributed by atoms with Crippen molar-refractivity contribution < 1.29 is 14.6 Å². The number of aliphatic hydroxyl groups is 1. The molecular weight excluding hydrogens is 221 g/mol. The second kappa shape index (κ2) is 5.27. The second-order valence-electron chi connectivity index (χ2n) is 4.38. The molecule has 0 amide bonds. The Morgan fingerprint density at radius 2 is 2.24 bits per heavy atom. The molecule has 0 aliphatic heterocycles. The van der Waals surface area contributed by atoms with Gasteiger partial charge in [-0.15, -0.1) is 0 Å². The average molecular weight is 237 g/mol. The first kappa shape index (κ1) is 12.0. The van der Waals surface area contributed by atoms with Crippen LogP contribution in [-0.4, -0.2) is 21.8 Å². The molecule has 2 rings (SSSR count). The Balaban J connectivity index is 2.11. The molecule has 1 aliphatic rings. The molecule has 2 N–H and O–H groups in total. The van der Waals surface area contributed by atoms with Crippen molar-refractivity contribution in [2.24, 2.45) is 5.92 Å². The van der Waals surface area contributed by atoms with E-state index < -0.39 is 11.7 Å². The van der Waals surface area contributed by atoms with Crippen LogP contribution >= 0.6 is 0 Å². The summed E-state index contributed by atoms with van der Waals surface area (Å²) in [4.78, 5) is 3.83. The summed E-state index contributed by atoms with van der Waals surface area (Å²) < 4.78 is 12.9. The molecule has 0 saturated heterocycles. The minimum Gasteiger partial charge on any atom is -0.491 e. The largest absolute Gasteiger partial charge is 0.491 e. The normalized spacial score (nSPS) is 20.1.